The van der Waals surface area contributed by atoms with E-state index in [0.29, 0.717) is 0 Å². The number of aromatic nitrogens is 3. The Hall–Kier alpha value is -0.860. The molecule has 12 heavy (non-hydrogen) atoms. The van der Waals surface area contributed by atoms with E-state index in [4.69, 9.17) is 0 Å². The molecule has 0 amide bonds. The Morgan fingerprint density at radius 1 is 1.33 bits per heavy atom. The van der Waals surface area contributed by atoms with Gasteiger partial charge in [0, 0.05) is 12.7 Å². The molecule has 0 aliphatic rings. The predicted octanol–water partition coefficient (Wildman–Crippen LogP) is 2.03. The normalized spacial score (nSPS) is 10.5. The summed E-state index contributed by atoms with van der Waals surface area (Å²) in [6, 6.07) is 0. The molecule has 1 aromatic heterocycles. The van der Waals surface area contributed by atoms with Crippen LogP contribution in [0.1, 0.15) is 38.8 Å². The first-order valence-electron chi connectivity index (χ1n) is 4.75. The lowest BCUT2D eigenvalue weighted by Gasteiger charge is -1.92. The molecule has 0 unspecified atom stereocenters. The van der Waals surface area contributed by atoms with Crippen LogP contribution in [0.2, 0.25) is 0 Å². The van der Waals surface area contributed by atoms with Crippen LogP contribution in [-0.4, -0.2) is 15.0 Å². The number of nitrogens with zero attached hydrogens (tertiary/aromatic N) is 3. The largest absolute Gasteiger partial charge is 0.253 e. The zero-order chi connectivity index (χ0) is 8.81. The van der Waals surface area contributed by atoms with Crippen LogP contribution in [0, 0.1) is 0 Å². The minimum absolute atomic E-state index is 0.917. The number of hydrogen-bond acceptors (Lipinski definition) is 2. The van der Waals surface area contributed by atoms with Gasteiger partial charge in [-0.3, -0.25) is 4.68 Å². The highest BCUT2D eigenvalue weighted by atomic mass is 15.4. The van der Waals surface area contributed by atoms with E-state index in [0.717, 1.165) is 18.7 Å². The van der Waals surface area contributed by atoms with Gasteiger partial charge in [0.25, 0.3) is 0 Å². The molecular weight excluding hydrogens is 150 g/mol. The molecule has 0 bridgehead atoms. The van der Waals surface area contributed by atoms with Crippen molar-refractivity contribution in [3.05, 3.63) is 11.9 Å². The minimum atomic E-state index is 0.917. The summed E-state index contributed by atoms with van der Waals surface area (Å²) >= 11 is 0. The topological polar surface area (TPSA) is 30.7 Å². The number of aryl methyl sites for hydroxylation is 2. The van der Waals surface area contributed by atoms with Gasteiger partial charge in [-0.05, 0) is 19.8 Å². The molecule has 0 aliphatic carbocycles. The maximum atomic E-state index is 4.07. The van der Waals surface area contributed by atoms with Gasteiger partial charge < -0.3 is 0 Å². The first-order valence-corrected chi connectivity index (χ1v) is 4.75. The van der Waals surface area contributed by atoms with Crippen molar-refractivity contribution in [3.63, 3.8) is 0 Å². The molecule has 0 fully saturated rings. The Morgan fingerprint density at radius 2 is 2.17 bits per heavy atom. The fourth-order valence-electron chi connectivity index (χ4n) is 1.16. The van der Waals surface area contributed by atoms with Crippen molar-refractivity contribution >= 4 is 0 Å². The highest BCUT2D eigenvalue weighted by Crippen LogP contribution is 2.02. The second-order valence-electron chi connectivity index (χ2n) is 3.02. The molecule has 0 radical (unpaired) electrons. The third-order valence-corrected chi connectivity index (χ3v) is 1.95. The average molecular weight is 167 g/mol. The van der Waals surface area contributed by atoms with Crippen LogP contribution in [-0.2, 0) is 13.0 Å². The smallest absolute Gasteiger partial charge is 0.0827 e. The van der Waals surface area contributed by atoms with Crippen LogP contribution < -0.4 is 0 Å². The Balaban J connectivity index is 2.31. The molecule has 1 rings (SSSR count). The van der Waals surface area contributed by atoms with E-state index in [2.05, 4.69) is 24.2 Å². The highest BCUT2D eigenvalue weighted by Gasteiger charge is 1.97. The van der Waals surface area contributed by atoms with Crippen LogP contribution >= 0.6 is 0 Å². The van der Waals surface area contributed by atoms with E-state index >= 15 is 0 Å². The van der Waals surface area contributed by atoms with Crippen molar-refractivity contribution in [2.24, 2.45) is 0 Å². The zero-order valence-electron chi connectivity index (χ0n) is 7.95. The summed E-state index contributed by atoms with van der Waals surface area (Å²) in [6.07, 6.45) is 6.91. The lowest BCUT2D eigenvalue weighted by atomic mass is 10.2. The number of rotatable bonds is 5. The van der Waals surface area contributed by atoms with Crippen LogP contribution in [0.4, 0.5) is 0 Å². The van der Waals surface area contributed by atoms with Crippen molar-refractivity contribution in [2.45, 2.75) is 46.1 Å². The maximum Gasteiger partial charge on any atom is 0.0827 e. The highest BCUT2D eigenvalue weighted by molar-refractivity contribution is 4.91. The van der Waals surface area contributed by atoms with E-state index in [1.54, 1.807) is 0 Å². The lowest BCUT2D eigenvalue weighted by molar-refractivity contribution is 0.626. The van der Waals surface area contributed by atoms with Crippen molar-refractivity contribution in [1.29, 1.82) is 0 Å². The van der Waals surface area contributed by atoms with Crippen molar-refractivity contribution in [2.75, 3.05) is 0 Å². The fourth-order valence-corrected chi connectivity index (χ4v) is 1.16. The molecular formula is C9H17N3. The first kappa shape index (κ1) is 9.23. The second-order valence-corrected chi connectivity index (χ2v) is 3.02. The maximum absolute atomic E-state index is 4.07. The molecule has 3 nitrogen and oxygen atoms in total. The second kappa shape index (κ2) is 4.91. The summed E-state index contributed by atoms with van der Waals surface area (Å²) in [6.45, 7) is 5.20. The van der Waals surface area contributed by atoms with Gasteiger partial charge >= 0.3 is 0 Å². The summed E-state index contributed by atoms with van der Waals surface area (Å²) in [4.78, 5) is 0. The molecule has 0 N–H and O–H groups in total. The quantitative estimate of drug-likeness (QED) is 0.628. The Bertz CT molecular complexity index is 217. The summed E-state index contributed by atoms with van der Waals surface area (Å²) in [5.41, 5.74) is 1.13. The van der Waals surface area contributed by atoms with Gasteiger partial charge in [0.2, 0.25) is 0 Å². The van der Waals surface area contributed by atoms with Gasteiger partial charge in [0.05, 0.1) is 5.69 Å². The van der Waals surface area contributed by atoms with E-state index < -0.39 is 0 Å². The summed E-state index contributed by atoms with van der Waals surface area (Å²) < 4.78 is 1.88. The molecule has 0 aliphatic heterocycles. The number of unbranched alkanes of at least 4 members (excludes halogenated alkanes) is 2. The summed E-state index contributed by atoms with van der Waals surface area (Å²) in [5.74, 6) is 0. The predicted molar refractivity (Wildman–Crippen MR) is 48.9 cm³/mol. The van der Waals surface area contributed by atoms with Gasteiger partial charge in [0.1, 0.15) is 0 Å². The average Bonchev–Trinajstić information content (AvgIpc) is 2.53. The first-order chi connectivity index (χ1) is 5.86. The SMILES string of the molecule is CCCCCc1cn(CC)nn1. The standard InChI is InChI=1S/C9H17N3/c1-3-5-6-7-9-8-12(4-2)11-10-9/h8H,3-7H2,1-2H3. The van der Waals surface area contributed by atoms with Crippen LogP contribution in [0.25, 0.3) is 0 Å². The molecule has 3 heteroatoms. The molecule has 0 spiro atoms. The molecule has 0 aromatic carbocycles. The third-order valence-electron chi connectivity index (χ3n) is 1.95. The fraction of sp³-hybridized carbons (Fsp3) is 0.778. The molecule has 68 valence electrons. The lowest BCUT2D eigenvalue weighted by Crippen LogP contribution is -1.93. The Labute approximate surface area is 73.8 Å². The Morgan fingerprint density at radius 3 is 2.75 bits per heavy atom. The van der Waals surface area contributed by atoms with E-state index in [1.807, 2.05) is 10.9 Å². The minimum Gasteiger partial charge on any atom is -0.253 e. The van der Waals surface area contributed by atoms with E-state index in [1.165, 1.54) is 19.3 Å². The van der Waals surface area contributed by atoms with E-state index in [-0.39, 0.29) is 0 Å². The molecule has 0 saturated carbocycles. The van der Waals surface area contributed by atoms with Gasteiger partial charge in [0.15, 0.2) is 0 Å². The van der Waals surface area contributed by atoms with Gasteiger partial charge in [-0.25, -0.2) is 0 Å². The van der Waals surface area contributed by atoms with Crippen molar-refractivity contribution in [1.82, 2.24) is 15.0 Å². The van der Waals surface area contributed by atoms with Gasteiger partial charge in [-0.15, -0.1) is 5.10 Å². The van der Waals surface area contributed by atoms with Gasteiger partial charge in [-0.1, -0.05) is 25.0 Å². The van der Waals surface area contributed by atoms with Gasteiger partial charge in [-0.2, -0.15) is 0 Å². The summed E-state index contributed by atoms with van der Waals surface area (Å²) in [7, 11) is 0. The molecule has 0 atom stereocenters. The number of hydrogen-bond donors (Lipinski definition) is 0. The van der Waals surface area contributed by atoms with Crippen LogP contribution in [0.15, 0.2) is 6.20 Å². The molecule has 1 heterocycles. The zero-order valence-corrected chi connectivity index (χ0v) is 7.95. The van der Waals surface area contributed by atoms with E-state index in [9.17, 15) is 0 Å². The van der Waals surface area contributed by atoms with Crippen LogP contribution in [0.5, 0.6) is 0 Å². The van der Waals surface area contributed by atoms with Crippen molar-refractivity contribution < 1.29 is 0 Å². The monoisotopic (exact) mass is 167 g/mol. The molecule has 1 aromatic rings. The van der Waals surface area contributed by atoms with Crippen LogP contribution in [0.3, 0.4) is 0 Å². The Kier molecular flexibility index (Phi) is 3.77. The summed E-state index contributed by atoms with van der Waals surface area (Å²) in [5, 5.41) is 8.05. The van der Waals surface area contributed by atoms with Crippen molar-refractivity contribution in [3.8, 4) is 0 Å². The molecule has 0 saturated heterocycles. The third kappa shape index (κ3) is 2.64.